The molecule has 0 saturated heterocycles. The van der Waals surface area contributed by atoms with Crippen LogP contribution >= 0.6 is 11.3 Å². The molecule has 0 aliphatic rings. The van der Waals surface area contributed by atoms with Crippen molar-refractivity contribution >= 4 is 39.3 Å². The molecule has 0 aliphatic heterocycles. The minimum Gasteiger partial charge on any atom is -0.465 e. The number of esters is 1. The number of ether oxygens (including phenoxy) is 1. The summed E-state index contributed by atoms with van der Waals surface area (Å²) in [6.07, 6.45) is 6.53. The van der Waals surface area contributed by atoms with Crippen LogP contribution < -0.4 is 5.32 Å². The summed E-state index contributed by atoms with van der Waals surface area (Å²) >= 11 is 1.41. The van der Waals surface area contributed by atoms with Crippen LogP contribution in [0, 0.1) is 6.92 Å². The fourth-order valence-electron chi connectivity index (χ4n) is 2.57. The maximum Gasteiger partial charge on any atom is 0.342 e. The largest absolute Gasteiger partial charge is 0.465 e. The van der Waals surface area contributed by atoms with Crippen molar-refractivity contribution in [3.8, 4) is 10.6 Å². The molecule has 0 fully saturated rings. The number of nitrogens with zero attached hydrogens (tertiary/aromatic N) is 1. The Bertz CT molecular complexity index is 1030. The molecule has 0 spiro atoms. The standard InChI is InChI=1S/C20H18N2O4S/c1-4-5-6-11-15(23)22-18-17(16(12(2)26-18)20(24)25-3)19-21-13-9-7-8-10-14(13)27-19/h4-11H,1-3H3,(H,22,23)/b5-4+,11-6+. The third-order valence-electron chi connectivity index (χ3n) is 3.77. The van der Waals surface area contributed by atoms with Crippen molar-refractivity contribution in [3.63, 3.8) is 0 Å². The van der Waals surface area contributed by atoms with Crippen molar-refractivity contribution in [1.29, 1.82) is 0 Å². The lowest BCUT2D eigenvalue weighted by atomic mass is 10.1. The molecule has 6 nitrogen and oxygen atoms in total. The van der Waals surface area contributed by atoms with Crippen LogP contribution in [-0.2, 0) is 9.53 Å². The van der Waals surface area contributed by atoms with Crippen molar-refractivity contribution in [3.05, 3.63) is 59.9 Å². The highest BCUT2D eigenvalue weighted by Crippen LogP contribution is 2.40. The van der Waals surface area contributed by atoms with Crippen molar-refractivity contribution in [1.82, 2.24) is 4.98 Å². The first-order valence-electron chi connectivity index (χ1n) is 8.23. The summed E-state index contributed by atoms with van der Waals surface area (Å²) in [4.78, 5) is 29.1. The van der Waals surface area contributed by atoms with Gasteiger partial charge in [0.15, 0.2) is 0 Å². The monoisotopic (exact) mass is 382 g/mol. The fraction of sp³-hybridized carbons (Fsp3) is 0.150. The number of fused-ring (bicyclic) bond motifs is 1. The molecule has 0 radical (unpaired) electrons. The third-order valence-corrected chi connectivity index (χ3v) is 4.82. The Balaban J connectivity index is 2.11. The average Bonchev–Trinajstić information content (AvgIpc) is 3.21. The summed E-state index contributed by atoms with van der Waals surface area (Å²) in [5, 5.41) is 3.26. The van der Waals surface area contributed by atoms with Gasteiger partial charge in [-0.05, 0) is 26.0 Å². The number of allylic oxidation sites excluding steroid dienone is 3. The zero-order chi connectivity index (χ0) is 19.4. The normalized spacial score (nSPS) is 11.5. The molecule has 0 saturated carbocycles. The highest BCUT2D eigenvalue weighted by Gasteiger charge is 2.28. The van der Waals surface area contributed by atoms with E-state index in [1.807, 2.05) is 37.3 Å². The minimum atomic E-state index is -0.546. The molecule has 2 heterocycles. The number of carbonyl (C=O) groups is 2. The number of nitrogens with one attached hydrogen (secondary N) is 1. The molecule has 0 bridgehead atoms. The second-order valence-corrected chi connectivity index (χ2v) is 6.62. The predicted octanol–water partition coefficient (Wildman–Crippen LogP) is 4.72. The lowest BCUT2D eigenvalue weighted by Crippen LogP contribution is -2.09. The van der Waals surface area contributed by atoms with Gasteiger partial charge in [0.1, 0.15) is 16.3 Å². The van der Waals surface area contributed by atoms with E-state index < -0.39 is 5.97 Å². The van der Waals surface area contributed by atoms with Gasteiger partial charge in [-0.15, -0.1) is 11.3 Å². The number of anilines is 1. The van der Waals surface area contributed by atoms with Gasteiger partial charge in [0.25, 0.3) is 5.91 Å². The number of thiazole rings is 1. The SMILES string of the molecule is C/C=C/C=C/C(=O)Nc1oc(C)c(C(=O)OC)c1-c1nc2ccccc2s1. The van der Waals surface area contributed by atoms with Crippen LogP contribution in [0.2, 0.25) is 0 Å². The maximum absolute atomic E-state index is 12.3. The molecule has 1 amide bonds. The lowest BCUT2D eigenvalue weighted by Gasteiger charge is -2.02. The summed E-state index contributed by atoms with van der Waals surface area (Å²) < 4.78 is 11.5. The minimum absolute atomic E-state index is 0.169. The van der Waals surface area contributed by atoms with E-state index in [1.165, 1.54) is 24.5 Å². The molecule has 3 rings (SSSR count). The fourth-order valence-corrected chi connectivity index (χ4v) is 3.59. The summed E-state index contributed by atoms with van der Waals surface area (Å²) in [5.74, 6) is -0.401. The van der Waals surface area contributed by atoms with Gasteiger partial charge in [-0.1, -0.05) is 30.4 Å². The first-order valence-corrected chi connectivity index (χ1v) is 9.04. The van der Waals surface area contributed by atoms with Crippen LogP contribution in [0.25, 0.3) is 20.8 Å². The Kier molecular flexibility index (Phi) is 5.52. The van der Waals surface area contributed by atoms with Crippen LogP contribution in [0.15, 0.2) is 53.0 Å². The summed E-state index contributed by atoms with van der Waals surface area (Å²) in [6, 6.07) is 7.64. The molecular weight excluding hydrogens is 364 g/mol. The van der Waals surface area contributed by atoms with Crippen molar-refractivity contribution in [2.75, 3.05) is 12.4 Å². The number of hydrogen-bond acceptors (Lipinski definition) is 6. The molecule has 1 aromatic carbocycles. The van der Waals surface area contributed by atoms with E-state index >= 15 is 0 Å². The van der Waals surface area contributed by atoms with E-state index in [1.54, 1.807) is 19.1 Å². The van der Waals surface area contributed by atoms with E-state index in [-0.39, 0.29) is 17.4 Å². The molecule has 2 aromatic heterocycles. The van der Waals surface area contributed by atoms with Gasteiger partial charge >= 0.3 is 5.97 Å². The molecule has 138 valence electrons. The number of benzene rings is 1. The second-order valence-electron chi connectivity index (χ2n) is 5.59. The summed E-state index contributed by atoms with van der Waals surface area (Å²) in [7, 11) is 1.30. The number of rotatable bonds is 5. The number of hydrogen-bond donors (Lipinski definition) is 1. The Hall–Kier alpha value is -3.19. The lowest BCUT2D eigenvalue weighted by molar-refractivity contribution is -0.112. The van der Waals surface area contributed by atoms with E-state index in [4.69, 9.17) is 9.15 Å². The van der Waals surface area contributed by atoms with Crippen LogP contribution in [0.4, 0.5) is 5.88 Å². The smallest absolute Gasteiger partial charge is 0.342 e. The quantitative estimate of drug-likeness (QED) is 0.392. The molecule has 0 aliphatic carbocycles. The van der Waals surface area contributed by atoms with Crippen LogP contribution in [0.1, 0.15) is 23.0 Å². The van der Waals surface area contributed by atoms with Crippen LogP contribution in [-0.4, -0.2) is 24.0 Å². The number of aromatic nitrogens is 1. The van der Waals surface area contributed by atoms with Gasteiger partial charge in [0.05, 0.1) is 22.9 Å². The molecule has 1 N–H and O–H groups in total. The van der Waals surface area contributed by atoms with Gasteiger partial charge in [-0.25, -0.2) is 9.78 Å². The number of aryl methyl sites for hydroxylation is 1. The zero-order valence-electron chi connectivity index (χ0n) is 15.1. The number of para-hydroxylation sites is 1. The molecule has 27 heavy (non-hydrogen) atoms. The van der Waals surface area contributed by atoms with E-state index in [0.717, 1.165) is 10.2 Å². The molecule has 7 heteroatoms. The van der Waals surface area contributed by atoms with Gasteiger partial charge in [-0.3, -0.25) is 10.1 Å². The molecule has 0 unspecified atom stereocenters. The number of amides is 1. The summed E-state index contributed by atoms with van der Waals surface area (Å²) in [5.41, 5.74) is 1.48. The van der Waals surface area contributed by atoms with Gasteiger partial charge in [-0.2, -0.15) is 0 Å². The number of furan rings is 1. The highest BCUT2D eigenvalue weighted by atomic mass is 32.1. The van der Waals surface area contributed by atoms with Gasteiger partial charge < -0.3 is 9.15 Å². The Morgan fingerprint density at radius 1 is 1.26 bits per heavy atom. The van der Waals surface area contributed by atoms with Crippen molar-refractivity contribution < 1.29 is 18.7 Å². The summed E-state index contributed by atoms with van der Waals surface area (Å²) in [6.45, 7) is 3.50. The topological polar surface area (TPSA) is 81.4 Å². The molecule has 0 atom stereocenters. The first-order chi connectivity index (χ1) is 13.0. The first kappa shape index (κ1) is 18.6. The Morgan fingerprint density at radius 3 is 2.74 bits per heavy atom. The van der Waals surface area contributed by atoms with E-state index in [0.29, 0.717) is 16.3 Å². The van der Waals surface area contributed by atoms with Crippen LogP contribution in [0.3, 0.4) is 0 Å². The Morgan fingerprint density at radius 2 is 2.04 bits per heavy atom. The maximum atomic E-state index is 12.3. The van der Waals surface area contributed by atoms with Crippen molar-refractivity contribution in [2.24, 2.45) is 0 Å². The average molecular weight is 382 g/mol. The zero-order valence-corrected chi connectivity index (χ0v) is 15.9. The van der Waals surface area contributed by atoms with E-state index in [9.17, 15) is 9.59 Å². The predicted molar refractivity (Wildman–Crippen MR) is 106 cm³/mol. The van der Waals surface area contributed by atoms with Crippen LogP contribution in [0.5, 0.6) is 0 Å². The Labute approximate surface area is 160 Å². The molecule has 3 aromatic rings. The van der Waals surface area contributed by atoms with E-state index in [2.05, 4.69) is 10.3 Å². The third kappa shape index (κ3) is 3.83. The van der Waals surface area contributed by atoms with Gasteiger partial charge in [0.2, 0.25) is 5.88 Å². The molecular formula is C20H18N2O4S. The van der Waals surface area contributed by atoms with Gasteiger partial charge in [0, 0.05) is 6.08 Å². The highest BCUT2D eigenvalue weighted by molar-refractivity contribution is 7.21. The number of carbonyl (C=O) groups excluding carboxylic acids is 2. The second kappa shape index (κ2) is 8.01. The van der Waals surface area contributed by atoms with Crippen molar-refractivity contribution in [2.45, 2.75) is 13.8 Å². The number of methoxy groups -OCH3 is 1.